The first-order valence-corrected chi connectivity index (χ1v) is 34.1. The predicted octanol–water partition coefficient (Wildman–Crippen LogP) is 21.6. The molecule has 2 atom stereocenters. The van der Waals surface area contributed by atoms with Crippen LogP contribution in [0.1, 0.15) is 373 Å². The van der Waals surface area contributed by atoms with Crippen LogP contribution in [0.15, 0.2) is 24.3 Å². The number of ether oxygens (including phenoxy) is 1. The number of nitrogens with one attached hydrogen (secondary N) is 1. The largest absolute Gasteiger partial charge is 0.466 e. The zero-order valence-electron chi connectivity index (χ0n) is 50.8. The fraction of sp³-hybridized carbons (Fsp3) is 0.913. The van der Waals surface area contributed by atoms with E-state index in [1.807, 2.05) is 0 Å². The third-order valence-corrected chi connectivity index (χ3v) is 16.1. The second-order valence-corrected chi connectivity index (χ2v) is 23.5. The number of allylic oxidation sites excluding steroid dienone is 4. The highest BCUT2D eigenvalue weighted by Gasteiger charge is 2.19. The number of rotatable bonds is 64. The van der Waals surface area contributed by atoms with Crippen molar-refractivity contribution in [1.82, 2.24) is 5.32 Å². The van der Waals surface area contributed by atoms with E-state index >= 15 is 0 Å². The Morgan fingerprint density at radius 2 is 0.693 bits per heavy atom. The van der Waals surface area contributed by atoms with Crippen LogP contribution >= 0.6 is 0 Å². The summed E-state index contributed by atoms with van der Waals surface area (Å²) in [7, 11) is 0. The number of hydrogen-bond donors (Lipinski definition) is 3. The van der Waals surface area contributed by atoms with Gasteiger partial charge in [-0.05, 0) is 57.8 Å². The summed E-state index contributed by atoms with van der Waals surface area (Å²) in [4.78, 5) is 24.5. The third-order valence-electron chi connectivity index (χ3n) is 16.1. The molecule has 0 aromatic carbocycles. The van der Waals surface area contributed by atoms with E-state index in [4.69, 9.17) is 4.74 Å². The van der Waals surface area contributed by atoms with E-state index in [1.165, 1.54) is 289 Å². The zero-order chi connectivity index (χ0) is 54.3. The molecule has 0 bridgehead atoms. The van der Waals surface area contributed by atoms with Crippen molar-refractivity contribution >= 4 is 11.9 Å². The molecule has 0 aliphatic carbocycles. The van der Waals surface area contributed by atoms with E-state index in [2.05, 4.69) is 43.5 Å². The molecule has 0 aliphatic rings. The van der Waals surface area contributed by atoms with E-state index in [1.54, 1.807) is 0 Å². The normalized spacial score (nSPS) is 12.6. The molecule has 1 amide bonds. The molecular formula is C69H133NO5. The number of carbonyl (C=O) groups excluding carboxylic acids is 2. The van der Waals surface area contributed by atoms with E-state index in [9.17, 15) is 19.8 Å². The molecule has 6 nitrogen and oxygen atoms in total. The fourth-order valence-corrected chi connectivity index (χ4v) is 10.8. The van der Waals surface area contributed by atoms with Gasteiger partial charge in [-0.15, -0.1) is 0 Å². The lowest BCUT2D eigenvalue weighted by Crippen LogP contribution is -2.36. The molecule has 0 aromatic heterocycles. The third kappa shape index (κ3) is 61.4. The van der Waals surface area contributed by atoms with Crippen LogP contribution in [0.4, 0.5) is 0 Å². The van der Waals surface area contributed by atoms with Crippen LogP contribution in [-0.2, 0) is 14.3 Å². The van der Waals surface area contributed by atoms with Crippen molar-refractivity contribution in [3.63, 3.8) is 0 Å². The summed E-state index contributed by atoms with van der Waals surface area (Å²) >= 11 is 0. The molecular weight excluding hydrogens is 923 g/mol. The first kappa shape index (κ1) is 73.3. The Labute approximate surface area is 469 Å². The lowest BCUT2D eigenvalue weighted by atomic mass is 9.97. The number of aliphatic hydroxyl groups is 2. The topological polar surface area (TPSA) is 95.9 Å². The van der Waals surface area contributed by atoms with Crippen LogP contribution < -0.4 is 5.32 Å². The van der Waals surface area contributed by atoms with Gasteiger partial charge in [0.05, 0.1) is 19.3 Å². The van der Waals surface area contributed by atoms with Gasteiger partial charge in [0.25, 0.3) is 0 Å². The number of aliphatic hydroxyl groups excluding tert-OH is 2. The zero-order valence-corrected chi connectivity index (χ0v) is 50.8. The smallest absolute Gasteiger partial charge is 0.305 e. The van der Waals surface area contributed by atoms with Crippen LogP contribution in [0.25, 0.3) is 0 Å². The first-order valence-electron chi connectivity index (χ1n) is 34.1. The number of esters is 1. The minimum atomic E-state index is -0.539. The summed E-state index contributed by atoms with van der Waals surface area (Å²) in [6, 6.07) is 0. The molecule has 75 heavy (non-hydrogen) atoms. The van der Waals surface area contributed by atoms with Crippen LogP contribution in [0.2, 0.25) is 0 Å². The fourth-order valence-electron chi connectivity index (χ4n) is 10.8. The van der Waals surface area contributed by atoms with Crippen molar-refractivity contribution in [2.24, 2.45) is 5.92 Å². The van der Waals surface area contributed by atoms with Gasteiger partial charge in [-0.25, -0.2) is 0 Å². The van der Waals surface area contributed by atoms with E-state index in [0.29, 0.717) is 32.4 Å². The number of hydrogen-bond acceptors (Lipinski definition) is 5. The second-order valence-electron chi connectivity index (χ2n) is 23.5. The van der Waals surface area contributed by atoms with Crippen molar-refractivity contribution in [1.29, 1.82) is 0 Å². The summed E-state index contributed by atoms with van der Waals surface area (Å²) in [5, 5.41) is 23.4. The molecule has 0 aliphatic heterocycles. The summed E-state index contributed by atoms with van der Waals surface area (Å²) in [5.41, 5.74) is 0. The Bertz CT molecular complexity index is 1170. The number of carbonyl (C=O) groups is 2. The van der Waals surface area contributed by atoms with Crippen molar-refractivity contribution in [3.8, 4) is 0 Å². The average Bonchev–Trinajstić information content (AvgIpc) is 3.41. The predicted molar refractivity (Wildman–Crippen MR) is 329 cm³/mol. The summed E-state index contributed by atoms with van der Waals surface area (Å²) in [5.74, 6) is -0.195. The van der Waals surface area contributed by atoms with Gasteiger partial charge in [-0.2, -0.15) is 0 Å². The molecule has 0 aromatic rings. The number of amides is 1. The van der Waals surface area contributed by atoms with Crippen molar-refractivity contribution in [3.05, 3.63) is 24.3 Å². The minimum Gasteiger partial charge on any atom is -0.466 e. The van der Waals surface area contributed by atoms with Crippen LogP contribution in [0.3, 0.4) is 0 Å². The summed E-state index contributed by atoms with van der Waals surface area (Å²) in [6.45, 7) is 5.44. The first-order chi connectivity index (χ1) is 37.0. The summed E-state index contributed by atoms with van der Waals surface area (Å²) in [6.07, 6.45) is 79.9. The molecule has 0 fully saturated rings. The molecule has 0 heterocycles. The molecule has 0 radical (unpaired) electrons. The lowest BCUT2D eigenvalue weighted by Gasteiger charge is -2.21. The van der Waals surface area contributed by atoms with Crippen LogP contribution in [0.5, 0.6) is 0 Å². The van der Waals surface area contributed by atoms with Gasteiger partial charge >= 0.3 is 5.97 Å². The van der Waals surface area contributed by atoms with Crippen molar-refractivity contribution in [2.45, 2.75) is 380 Å². The Morgan fingerprint density at radius 1 is 0.387 bits per heavy atom. The maximum absolute atomic E-state index is 12.4. The molecule has 0 rings (SSSR count). The van der Waals surface area contributed by atoms with Gasteiger partial charge in [-0.3, -0.25) is 9.59 Å². The van der Waals surface area contributed by atoms with Crippen molar-refractivity contribution in [2.75, 3.05) is 19.8 Å². The van der Waals surface area contributed by atoms with Crippen LogP contribution in [-0.4, -0.2) is 48.0 Å². The SMILES string of the molecule is CCCCC/C=C/C/C=C/CCCCCCCC(=O)OCCCCCCCCCCCCCCCCCCCCCCCCCCCCCCCC(=O)NCC(CO)C(O)CCCCCCCCCCCCCCC. The molecule has 6 heteroatoms. The Kier molecular flexibility index (Phi) is 63.4. The highest BCUT2D eigenvalue weighted by molar-refractivity contribution is 5.75. The van der Waals surface area contributed by atoms with Gasteiger partial charge < -0.3 is 20.3 Å². The van der Waals surface area contributed by atoms with Gasteiger partial charge in [0.1, 0.15) is 0 Å². The Morgan fingerprint density at radius 3 is 1.08 bits per heavy atom. The second kappa shape index (κ2) is 64.9. The van der Waals surface area contributed by atoms with E-state index in [0.717, 1.165) is 51.4 Å². The standard InChI is InChI=1S/C69H133NO5/c1-3-5-7-9-11-13-15-17-33-38-42-46-50-54-58-62-69(74)75-63-59-55-51-47-43-39-35-32-30-28-26-24-22-20-18-19-21-23-25-27-29-31-34-37-41-45-49-53-57-61-68(73)70-64-66(65-71)67(72)60-56-52-48-44-40-36-16-14-12-10-8-6-4-2/h11,13,17,33,66-67,71-72H,3-10,12,14-16,18-32,34-65H2,1-2H3,(H,70,73)/b13-11+,33-17+. The van der Waals surface area contributed by atoms with Crippen molar-refractivity contribution < 1.29 is 24.5 Å². The van der Waals surface area contributed by atoms with Crippen LogP contribution in [0, 0.1) is 5.92 Å². The maximum atomic E-state index is 12.4. The quantitative estimate of drug-likeness (QED) is 0.0320. The summed E-state index contributed by atoms with van der Waals surface area (Å²) < 4.78 is 5.49. The molecule has 0 saturated heterocycles. The molecule has 2 unspecified atom stereocenters. The Hall–Kier alpha value is -1.66. The number of unbranched alkanes of at least 4 members (excludes halogenated alkanes) is 48. The molecule has 0 saturated carbocycles. The highest BCUT2D eigenvalue weighted by Crippen LogP contribution is 2.19. The van der Waals surface area contributed by atoms with Gasteiger partial charge in [0.2, 0.25) is 5.91 Å². The molecule has 3 N–H and O–H groups in total. The monoisotopic (exact) mass is 1060 g/mol. The Balaban J connectivity index is 3.32. The van der Waals surface area contributed by atoms with E-state index < -0.39 is 6.10 Å². The lowest BCUT2D eigenvalue weighted by molar-refractivity contribution is -0.143. The average molecular weight is 1060 g/mol. The highest BCUT2D eigenvalue weighted by atomic mass is 16.5. The molecule has 0 spiro atoms. The minimum absolute atomic E-state index is 0.00620. The maximum Gasteiger partial charge on any atom is 0.305 e. The van der Waals surface area contributed by atoms with E-state index in [-0.39, 0.29) is 24.4 Å². The van der Waals surface area contributed by atoms with Gasteiger partial charge in [0, 0.05) is 25.3 Å². The van der Waals surface area contributed by atoms with Gasteiger partial charge in [-0.1, -0.05) is 327 Å². The molecule has 444 valence electrons. The van der Waals surface area contributed by atoms with Gasteiger partial charge in [0.15, 0.2) is 0 Å².